The molecule has 0 aromatic rings. The van der Waals surface area contributed by atoms with E-state index in [0.29, 0.717) is 18.3 Å². The average molecular weight is 237 g/mol. The Hall–Kier alpha value is -0.860. The third-order valence-corrected chi connectivity index (χ3v) is 4.69. The first-order chi connectivity index (χ1) is 7.98. The van der Waals surface area contributed by atoms with Crippen LogP contribution in [-0.2, 0) is 9.59 Å². The lowest BCUT2D eigenvalue weighted by molar-refractivity contribution is -0.153. The van der Waals surface area contributed by atoms with Crippen molar-refractivity contribution in [2.45, 2.75) is 52.9 Å². The number of nitrogens with one attached hydrogen (secondary N) is 1. The van der Waals surface area contributed by atoms with Crippen molar-refractivity contribution in [3.63, 3.8) is 0 Å². The fourth-order valence-electron chi connectivity index (χ4n) is 3.60. The maximum absolute atomic E-state index is 11.9. The van der Waals surface area contributed by atoms with Gasteiger partial charge < -0.3 is 0 Å². The van der Waals surface area contributed by atoms with Crippen molar-refractivity contribution in [1.82, 2.24) is 5.32 Å². The van der Waals surface area contributed by atoms with Gasteiger partial charge in [-0.3, -0.25) is 14.9 Å². The van der Waals surface area contributed by atoms with Crippen LogP contribution in [0.2, 0.25) is 0 Å². The highest BCUT2D eigenvalue weighted by Gasteiger charge is 2.55. The topological polar surface area (TPSA) is 46.2 Å². The van der Waals surface area contributed by atoms with Crippen molar-refractivity contribution in [3.8, 4) is 0 Å². The number of carbonyl (C=O) groups is 2. The second kappa shape index (κ2) is 4.43. The summed E-state index contributed by atoms with van der Waals surface area (Å²) in [7, 11) is 0. The molecule has 1 N–H and O–H groups in total. The number of amides is 2. The van der Waals surface area contributed by atoms with E-state index in [9.17, 15) is 9.59 Å². The highest BCUT2D eigenvalue weighted by Crippen LogP contribution is 2.57. The number of piperidine rings is 1. The Bertz CT molecular complexity index is 329. The third kappa shape index (κ3) is 2.12. The Kier molecular flexibility index (Phi) is 3.28. The van der Waals surface area contributed by atoms with Crippen molar-refractivity contribution in [3.05, 3.63) is 0 Å². The van der Waals surface area contributed by atoms with E-state index < -0.39 is 0 Å². The fourth-order valence-corrected chi connectivity index (χ4v) is 3.60. The maximum Gasteiger partial charge on any atom is 0.230 e. The van der Waals surface area contributed by atoms with Crippen LogP contribution in [0.4, 0.5) is 0 Å². The van der Waals surface area contributed by atoms with Gasteiger partial charge in [-0.1, -0.05) is 27.2 Å². The van der Waals surface area contributed by atoms with Gasteiger partial charge in [-0.2, -0.15) is 0 Å². The first-order valence-electron chi connectivity index (χ1n) is 6.82. The molecule has 0 aromatic heterocycles. The fraction of sp³-hybridized carbons (Fsp3) is 0.857. The van der Waals surface area contributed by atoms with E-state index in [0.717, 1.165) is 25.7 Å². The monoisotopic (exact) mass is 237 g/mol. The Morgan fingerprint density at radius 2 is 2.00 bits per heavy atom. The van der Waals surface area contributed by atoms with Crippen LogP contribution in [0.5, 0.6) is 0 Å². The summed E-state index contributed by atoms with van der Waals surface area (Å²) in [6.07, 6.45) is 4.62. The molecular formula is C14H23NO2. The minimum atomic E-state index is -0.0652. The zero-order valence-corrected chi connectivity index (χ0v) is 11.1. The lowest BCUT2D eigenvalue weighted by Crippen LogP contribution is -2.57. The van der Waals surface area contributed by atoms with Crippen molar-refractivity contribution < 1.29 is 9.59 Å². The summed E-state index contributed by atoms with van der Waals surface area (Å²) < 4.78 is 0. The van der Waals surface area contributed by atoms with E-state index in [1.807, 2.05) is 0 Å². The molecule has 1 unspecified atom stereocenters. The molecule has 0 aromatic carbocycles. The molecule has 1 atom stereocenters. The number of rotatable bonds is 3. The second-order valence-corrected chi connectivity index (χ2v) is 6.21. The first kappa shape index (κ1) is 12.6. The van der Waals surface area contributed by atoms with Gasteiger partial charge in [0.05, 0.1) is 0 Å². The summed E-state index contributed by atoms with van der Waals surface area (Å²) in [5, 5.41) is 2.50. The maximum atomic E-state index is 11.9. The summed E-state index contributed by atoms with van der Waals surface area (Å²) in [5.41, 5.74) is 0.00433. The molecule has 1 saturated carbocycles. The lowest BCUT2D eigenvalue weighted by atomic mass is 9.50. The molecule has 2 fully saturated rings. The molecule has 1 heterocycles. The van der Waals surface area contributed by atoms with Crippen LogP contribution < -0.4 is 5.32 Å². The summed E-state index contributed by atoms with van der Waals surface area (Å²) in [5.74, 6) is 1.35. The van der Waals surface area contributed by atoms with Crippen molar-refractivity contribution in [1.29, 1.82) is 0 Å². The summed E-state index contributed by atoms with van der Waals surface area (Å²) in [6.45, 7) is 6.57. The van der Waals surface area contributed by atoms with Gasteiger partial charge in [-0.25, -0.2) is 0 Å². The molecule has 3 nitrogen and oxygen atoms in total. The van der Waals surface area contributed by atoms with Gasteiger partial charge in [0.2, 0.25) is 11.8 Å². The van der Waals surface area contributed by atoms with Gasteiger partial charge >= 0.3 is 0 Å². The number of hydrogen-bond acceptors (Lipinski definition) is 2. The lowest BCUT2D eigenvalue weighted by Gasteiger charge is -2.55. The highest BCUT2D eigenvalue weighted by molar-refractivity contribution is 5.99. The van der Waals surface area contributed by atoms with E-state index in [-0.39, 0.29) is 23.1 Å². The van der Waals surface area contributed by atoms with Crippen LogP contribution in [0.1, 0.15) is 52.9 Å². The molecule has 0 radical (unpaired) electrons. The quantitative estimate of drug-likeness (QED) is 0.767. The number of hydrogen-bond donors (Lipinski definition) is 1. The van der Waals surface area contributed by atoms with E-state index in [1.165, 1.54) is 0 Å². The molecule has 2 amide bonds. The molecule has 1 spiro atoms. The van der Waals surface area contributed by atoms with Crippen LogP contribution in [0, 0.1) is 23.2 Å². The molecule has 2 rings (SSSR count). The van der Waals surface area contributed by atoms with E-state index in [4.69, 9.17) is 0 Å². The van der Waals surface area contributed by atoms with Crippen LogP contribution in [0.15, 0.2) is 0 Å². The van der Waals surface area contributed by atoms with Crippen LogP contribution in [-0.4, -0.2) is 11.8 Å². The van der Waals surface area contributed by atoms with E-state index in [1.54, 1.807) is 0 Å². The third-order valence-electron chi connectivity index (χ3n) is 4.69. The van der Waals surface area contributed by atoms with Crippen LogP contribution >= 0.6 is 0 Å². The summed E-state index contributed by atoms with van der Waals surface area (Å²) in [4.78, 5) is 23.5. The molecule has 96 valence electrons. The van der Waals surface area contributed by atoms with Crippen molar-refractivity contribution >= 4 is 11.8 Å². The number of carbonyl (C=O) groups excluding carboxylic acids is 2. The molecule has 17 heavy (non-hydrogen) atoms. The van der Waals surface area contributed by atoms with Gasteiger partial charge in [0.25, 0.3) is 0 Å². The standard InChI is InChI=1S/C14H23NO2/c1-4-5-11-13(17)15-12(16)8-14(11)6-10(7-14)9(2)3/h9-11H,4-8H2,1-3H3,(H,15,16,17). The van der Waals surface area contributed by atoms with Gasteiger partial charge in [-0.15, -0.1) is 0 Å². The van der Waals surface area contributed by atoms with Crippen LogP contribution in [0.3, 0.4) is 0 Å². The Morgan fingerprint density at radius 3 is 2.53 bits per heavy atom. The largest absolute Gasteiger partial charge is 0.296 e. The van der Waals surface area contributed by atoms with Crippen LogP contribution in [0.25, 0.3) is 0 Å². The smallest absolute Gasteiger partial charge is 0.230 e. The minimum Gasteiger partial charge on any atom is -0.296 e. The SMILES string of the molecule is CCCC1C(=O)NC(=O)CC12CC(C(C)C)C2. The normalized spacial score (nSPS) is 37.2. The predicted octanol–water partition coefficient (Wildman–Crippen LogP) is 2.50. The van der Waals surface area contributed by atoms with Gasteiger partial charge in [0.15, 0.2) is 0 Å². The second-order valence-electron chi connectivity index (χ2n) is 6.21. The first-order valence-corrected chi connectivity index (χ1v) is 6.82. The summed E-state index contributed by atoms with van der Waals surface area (Å²) in [6, 6.07) is 0. The molecule has 3 heteroatoms. The Balaban J connectivity index is 2.12. The van der Waals surface area contributed by atoms with E-state index in [2.05, 4.69) is 26.1 Å². The minimum absolute atomic E-state index is 0.00433. The summed E-state index contributed by atoms with van der Waals surface area (Å²) >= 11 is 0. The van der Waals surface area contributed by atoms with Crippen molar-refractivity contribution in [2.24, 2.45) is 23.2 Å². The van der Waals surface area contributed by atoms with Gasteiger partial charge in [0, 0.05) is 12.3 Å². The predicted molar refractivity (Wildman–Crippen MR) is 66.2 cm³/mol. The Labute approximate surface area is 103 Å². The Morgan fingerprint density at radius 1 is 1.35 bits per heavy atom. The number of imide groups is 1. The zero-order chi connectivity index (χ0) is 12.6. The van der Waals surface area contributed by atoms with Gasteiger partial charge in [-0.05, 0) is 36.5 Å². The van der Waals surface area contributed by atoms with E-state index >= 15 is 0 Å². The zero-order valence-electron chi connectivity index (χ0n) is 11.1. The highest BCUT2D eigenvalue weighted by atomic mass is 16.2. The molecule has 0 bridgehead atoms. The molecule has 1 aliphatic carbocycles. The molecule has 2 aliphatic rings. The van der Waals surface area contributed by atoms with Crippen molar-refractivity contribution in [2.75, 3.05) is 0 Å². The average Bonchev–Trinajstić information content (AvgIpc) is 2.18. The molecule has 1 saturated heterocycles. The molecule has 1 aliphatic heterocycles. The molecular weight excluding hydrogens is 214 g/mol. The van der Waals surface area contributed by atoms with Gasteiger partial charge in [0.1, 0.15) is 0 Å².